The summed E-state index contributed by atoms with van der Waals surface area (Å²) in [5.41, 5.74) is 4.83. The van der Waals surface area contributed by atoms with Gasteiger partial charge in [0.1, 0.15) is 0 Å². The molecule has 0 fully saturated rings. The van der Waals surface area contributed by atoms with E-state index in [2.05, 4.69) is 69.1 Å². The Hall–Kier alpha value is -1.63. The van der Waals surface area contributed by atoms with Crippen molar-refractivity contribution in [1.82, 2.24) is 4.98 Å². The van der Waals surface area contributed by atoms with Gasteiger partial charge < -0.3 is 0 Å². The van der Waals surface area contributed by atoms with Gasteiger partial charge in [-0.3, -0.25) is 4.98 Å². The van der Waals surface area contributed by atoms with Gasteiger partial charge in [-0.1, -0.05) is 51.1 Å². The Balaban J connectivity index is 2.54. The zero-order valence-electron chi connectivity index (χ0n) is 11.0. The van der Waals surface area contributed by atoms with Crippen LogP contribution in [0.15, 0.2) is 42.5 Å². The van der Waals surface area contributed by atoms with E-state index in [1.165, 1.54) is 11.1 Å². The Bertz CT molecular complexity index is 507. The molecule has 0 spiro atoms. The fraction of sp³-hybridized carbons (Fsp3) is 0.312. The standard InChI is InChI=1S/C16H19N/c1-12-10-14(13-8-6-5-7-9-13)11-15(17-12)16(2,3)4/h5-11H,1-4H3. The highest BCUT2D eigenvalue weighted by atomic mass is 14.7. The number of rotatable bonds is 1. The number of aryl methyl sites for hydroxylation is 1. The quantitative estimate of drug-likeness (QED) is 0.703. The van der Waals surface area contributed by atoms with Crippen LogP contribution < -0.4 is 0 Å². The van der Waals surface area contributed by atoms with Crippen LogP contribution >= 0.6 is 0 Å². The maximum atomic E-state index is 4.63. The van der Waals surface area contributed by atoms with E-state index in [4.69, 9.17) is 0 Å². The molecule has 0 saturated heterocycles. The zero-order valence-corrected chi connectivity index (χ0v) is 11.0. The summed E-state index contributed by atoms with van der Waals surface area (Å²) >= 11 is 0. The minimum Gasteiger partial charge on any atom is -0.258 e. The molecule has 2 aromatic rings. The van der Waals surface area contributed by atoms with Crippen LogP contribution in [0, 0.1) is 6.92 Å². The normalized spacial score (nSPS) is 11.5. The van der Waals surface area contributed by atoms with E-state index < -0.39 is 0 Å². The van der Waals surface area contributed by atoms with E-state index in [9.17, 15) is 0 Å². The van der Waals surface area contributed by atoms with Gasteiger partial charge in [-0.15, -0.1) is 0 Å². The zero-order chi connectivity index (χ0) is 12.5. The lowest BCUT2D eigenvalue weighted by atomic mass is 9.89. The molecule has 1 nitrogen and oxygen atoms in total. The van der Waals surface area contributed by atoms with Crippen molar-refractivity contribution in [2.24, 2.45) is 0 Å². The molecule has 1 heteroatoms. The number of aromatic nitrogens is 1. The molecule has 0 unspecified atom stereocenters. The lowest BCUT2D eigenvalue weighted by molar-refractivity contribution is 0.567. The molecule has 1 heterocycles. The summed E-state index contributed by atoms with van der Waals surface area (Å²) < 4.78 is 0. The van der Waals surface area contributed by atoms with Gasteiger partial charge in [-0.2, -0.15) is 0 Å². The highest BCUT2D eigenvalue weighted by molar-refractivity contribution is 5.64. The van der Waals surface area contributed by atoms with Gasteiger partial charge in [-0.05, 0) is 30.2 Å². The van der Waals surface area contributed by atoms with Crippen LogP contribution in [0.2, 0.25) is 0 Å². The number of benzene rings is 1. The molecule has 0 aliphatic heterocycles. The van der Waals surface area contributed by atoms with Gasteiger partial charge in [0.05, 0.1) is 0 Å². The highest BCUT2D eigenvalue weighted by Gasteiger charge is 2.16. The Kier molecular flexibility index (Phi) is 3.01. The predicted octanol–water partition coefficient (Wildman–Crippen LogP) is 4.35. The van der Waals surface area contributed by atoms with E-state index in [0.717, 1.165) is 11.4 Å². The Morgan fingerprint density at radius 1 is 0.882 bits per heavy atom. The summed E-state index contributed by atoms with van der Waals surface area (Å²) in [7, 11) is 0. The second-order valence-corrected chi connectivity index (χ2v) is 5.50. The summed E-state index contributed by atoms with van der Waals surface area (Å²) in [4.78, 5) is 4.63. The molecule has 0 radical (unpaired) electrons. The van der Waals surface area contributed by atoms with Crippen LogP contribution in [-0.4, -0.2) is 4.98 Å². The Morgan fingerprint density at radius 3 is 2.12 bits per heavy atom. The van der Waals surface area contributed by atoms with E-state index >= 15 is 0 Å². The van der Waals surface area contributed by atoms with E-state index in [0.29, 0.717) is 0 Å². The second-order valence-electron chi connectivity index (χ2n) is 5.50. The topological polar surface area (TPSA) is 12.9 Å². The minimum absolute atomic E-state index is 0.0928. The highest BCUT2D eigenvalue weighted by Crippen LogP contribution is 2.26. The van der Waals surface area contributed by atoms with E-state index in [1.807, 2.05) is 6.07 Å². The fourth-order valence-corrected chi connectivity index (χ4v) is 1.85. The largest absolute Gasteiger partial charge is 0.258 e. The SMILES string of the molecule is Cc1cc(-c2ccccc2)cc(C(C)(C)C)n1. The van der Waals surface area contributed by atoms with Gasteiger partial charge in [-0.25, -0.2) is 0 Å². The number of hydrogen-bond donors (Lipinski definition) is 0. The van der Waals surface area contributed by atoms with Crippen molar-refractivity contribution in [1.29, 1.82) is 0 Å². The van der Waals surface area contributed by atoms with Gasteiger partial charge in [0.15, 0.2) is 0 Å². The predicted molar refractivity (Wildman–Crippen MR) is 73.1 cm³/mol. The van der Waals surface area contributed by atoms with Crippen LogP contribution in [0.4, 0.5) is 0 Å². The summed E-state index contributed by atoms with van der Waals surface area (Å²) in [6.45, 7) is 8.65. The molecule has 0 aliphatic rings. The third kappa shape index (κ3) is 2.73. The molecule has 0 bridgehead atoms. The molecule has 1 aromatic carbocycles. The van der Waals surface area contributed by atoms with Gasteiger partial charge in [0.2, 0.25) is 0 Å². The van der Waals surface area contributed by atoms with Gasteiger partial charge in [0.25, 0.3) is 0 Å². The molecule has 0 N–H and O–H groups in total. The van der Waals surface area contributed by atoms with Crippen LogP contribution in [-0.2, 0) is 5.41 Å². The molecule has 1 aromatic heterocycles. The number of nitrogens with zero attached hydrogens (tertiary/aromatic N) is 1. The first-order valence-electron chi connectivity index (χ1n) is 6.01. The third-order valence-electron chi connectivity index (χ3n) is 2.83. The lowest BCUT2D eigenvalue weighted by Gasteiger charge is -2.19. The monoisotopic (exact) mass is 225 g/mol. The first-order valence-corrected chi connectivity index (χ1v) is 6.01. The summed E-state index contributed by atoms with van der Waals surface area (Å²) in [6, 6.07) is 14.8. The minimum atomic E-state index is 0.0928. The van der Waals surface area contributed by atoms with E-state index in [-0.39, 0.29) is 5.41 Å². The van der Waals surface area contributed by atoms with Crippen molar-refractivity contribution in [2.75, 3.05) is 0 Å². The average molecular weight is 225 g/mol. The fourth-order valence-electron chi connectivity index (χ4n) is 1.85. The lowest BCUT2D eigenvalue weighted by Crippen LogP contribution is -2.14. The van der Waals surface area contributed by atoms with Crippen molar-refractivity contribution in [3.05, 3.63) is 53.9 Å². The summed E-state index contributed by atoms with van der Waals surface area (Å²) in [5, 5.41) is 0. The Labute approximate surface area is 104 Å². The van der Waals surface area contributed by atoms with Crippen LogP contribution in [0.3, 0.4) is 0 Å². The second kappa shape index (κ2) is 4.33. The van der Waals surface area contributed by atoms with Crippen molar-refractivity contribution >= 4 is 0 Å². The van der Waals surface area contributed by atoms with Crippen molar-refractivity contribution in [2.45, 2.75) is 33.1 Å². The van der Waals surface area contributed by atoms with Crippen LogP contribution in [0.1, 0.15) is 32.2 Å². The molecule has 0 amide bonds. The molecule has 17 heavy (non-hydrogen) atoms. The molecular weight excluding hydrogens is 206 g/mol. The summed E-state index contributed by atoms with van der Waals surface area (Å²) in [6.07, 6.45) is 0. The van der Waals surface area contributed by atoms with Gasteiger partial charge >= 0.3 is 0 Å². The molecule has 0 aliphatic carbocycles. The first kappa shape index (κ1) is 11.8. The number of pyridine rings is 1. The average Bonchev–Trinajstić information content (AvgIpc) is 2.28. The van der Waals surface area contributed by atoms with Gasteiger partial charge in [0, 0.05) is 16.8 Å². The van der Waals surface area contributed by atoms with Crippen molar-refractivity contribution < 1.29 is 0 Å². The molecular formula is C16H19N. The summed E-state index contributed by atoms with van der Waals surface area (Å²) in [5.74, 6) is 0. The van der Waals surface area contributed by atoms with Crippen LogP contribution in [0.25, 0.3) is 11.1 Å². The molecule has 0 atom stereocenters. The number of hydrogen-bond acceptors (Lipinski definition) is 1. The molecule has 88 valence electrons. The maximum Gasteiger partial charge on any atom is 0.0466 e. The maximum absolute atomic E-state index is 4.63. The molecule has 2 rings (SSSR count). The smallest absolute Gasteiger partial charge is 0.0466 e. The Morgan fingerprint density at radius 2 is 1.53 bits per heavy atom. The third-order valence-corrected chi connectivity index (χ3v) is 2.83. The van der Waals surface area contributed by atoms with Crippen molar-refractivity contribution in [3.63, 3.8) is 0 Å². The molecule has 0 saturated carbocycles. The van der Waals surface area contributed by atoms with E-state index in [1.54, 1.807) is 0 Å². The van der Waals surface area contributed by atoms with Crippen LogP contribution in [0.5, 0.6) is 0 Å². The first-order chi connectivity index (χ1) is 7.97. The van der Waals surface area contributed by atoms with Crippen molar-refractivity contribution in [3.8, 4) is 11.1 Å².